The fraction of sp³-hybridized carbons (Fsp3) is 0.846. The zero-order valence-corrected chi connectivity index (χ0v) is 11.5. The summed E-state index contributed by atoms with van der Waals surface area (Å²) in [5, 5.41) is 7.76. The SMILES string of the molecule is CCNCC1(Cc2ncnn2CC)CCOCC1. The number of aromatic nitrogens is 3. The van der Waals surface area contributed by atoms with E-state index in [1.54, 1.807) is 6.33 Å². The number of nitrogens with zero attached hydrogens (tertiary/aromatic N) is 3. The molecule has 5 heteroatoms. The molecule has 0 spiro atoms. The predicted molar refractivity (Wildman–Crippen MR) is 70.4 cm³/mol. The lowest BCUT2D eigenvalue weighted by molar-refractivity contribution is 0.0137. The summed E-state index contributed by atoms with van der Waals surface area (Å²) >= 11 is 0. The van der Waals surface area contributed by atoms with Crippen molar-refractivity contribution in [2.24, 2.45) is 5.41 Å². The van der Waals surface area contributed by atoms with E-state index in [1.165, 1.54) is 0 Å². The molecule has 5 nitrogen and oxygen atoms in total. The van der Waals surface area contributed by atoms with Crippen LogP contribution in [0.3, 0.4) is 0 Å². The minimum atomic E-state index is 0.286. The minimum absolute atomic E-state index is 0.286. The van der Waals surface area contributed by atoms with Gasteiger partial charge in [-0.3, -0.25) is 4.68 Å². The molecule has 1 fully saturated rings. The quantitative estimate of drug-likeness (QED) is 0.828. The van der Waals surface area contributed by atoms with Gasteiger partial charge in [-0.05, 0) is 31.7 Å². The minimum Gasteiger partial charge on any atom is -0.381 e. The lowest BCUT2D eigenvalue weighted by Gasteiger charge is -2.37. The molecule has 0 atom stereocenters. The van der Waals surface area contributed by atoms with E-state index in [0.29, 0.717) is 0 Å². The largest absolute Gasteiger partial charge is 0.381 e. The molecule has 18 heavy (non-hydrogen) atoms. The average Bonchev–Trinajstić information content (AvgIpc) is 2.84. The lowest BCUT2D eigenvalue weighted by Crippen LogP contribution is -2.41. The molecule has 0 unspecified atom stereocenters. The topological polar surface area (TPSA) is 52.0 Å². The fourth-order valence-electron chi connectivity index (χ4n) is 2.64. The van der Waals surface area contributed by atoms with Crippen LogP contribution >= 0.6 is 0 Å². The maximum Gasteiger partial charge on any atom is 0.138 e. The van der Waals surface area contributed by atoms with Crippen molar-refractivity contribution in [3.63, 3.8) is 0 Å². The summed E-state index contributed by atoms with van der Waals surface area (Å²) in [4.78, 5) is 4.42. The van der Waals surface area contributed by atoms with Crippen LogP contribution in [0, 0.1) is 5.41 Å². The number of hydrogen-bond acceptors (Lipinski definition) is 4. The first-order valence-corrected chi connectivity index (χ1v) is 6.95. The molecule has 102 valence electrons. The van der Waals surface area contributed by atoms with E-state index in [9.17, 15) is 0 Å². The Morgan fingerprint density at radius 1 is 1.39 bits per heavy atom. The van der Waals surface area contributed by atoms with Gasteiger partial charge in [0, 0.05) is 32.7 Å². The first-order chi connectivity index (χ1) is 8.79. The maximum atomic E-state index is 5.51. The molecular weight excluding hydrogens is 228 g/mol. The Hall–Kier alpha value is -0.940. The Kier molecular flexibility index (Phi) is 4.72. The van der Waals surface area contributed by atoms with Crippen LogP contribution in [0.25, 0.3) is 0 Å². The van der Waals surface area contributed by atoms with E-state index in [2.05, 4.69) is 29.2 Å². The first kappa shape index (κ1) is 13.5. The second kappa shape index (κ2) is 6.29. The number of nitrogens with one attached hydrogen (secondary N) is 1. The van der Waals surface area contributed by atoms with Gasteiger partial charge in [0.05, 0.1) is 0 Å². The van der Waals surface area contributed by atoms with Crippen molar-refractivity contribution < 1.29 is 4.74 Å². The van der Waals surface area contributed by atoms with Gasteiger partial charge in [-0.2, -0.15) is 5.10 Å². The summed E-state index contributed by atoms with van der Waals surface area (Å²) < 4.78 is 7.51. The molecule has 2 rings (SSSR count). The zero-order valence-electron chi connectivity index (χ0n) is 11.5. The van der Waals surface area contributed by atoms with E-state index in [-0.39, 0.29) is 5.41 Å². The Morgan fingerprint density at radius 3 is 2.83 bits per heavy atom. The molecule has 1 N–H and O–H groups in total. The molecule has 0 saturated carbocycles. The molecule has 1 aromatic rings. The molecule has 0 aromatic carbocycles. The van der Waals surface area contributed by atoms with Gasteiger partial charge >= 0.3 is 0 Å². The second-order valence-corrected chi connectivity index (χ2v) is 5.06. The Morgan fingerprint density at radius 2 is 2.17 bits per heavy atom. The Balaban J connectivity index is 2.08. The van der Waals surface area contributed by atoms with E-state index in [4.69, 9.17) is 4.74 Å². The maximum absolute atomic E-state index is 5.51. The van der Waals surface area contributed by atoms with Gasteiger partial charge in [0.2, 0.25) is 0 Å². The van der Waals surface area contributed by atoms with Crippen LogP contribution in [0.1, 0.15) is 32.5 Å². The van der Waals surface area contributed by atoms with Crippen molar-refractivity contribution in [2.45, 2.75) is 39.7 Å². The van der Waals surface area contributed by atoms with Crippen molar-refractivity contribution in [1.29, 1.82) is 0 Å². The third kappa shape index (κ3) is 3.09. The molecule has 0 bridgehead atoms. The Bertz CT molecular complexity index is 358. The van der Waals surface area contributed by atoms with Gasteiger partial charge < -0.3 is 10.1 Å². The molecule has 0 radical (unpaired) electrons. The molecule has 2 heterocycles. The predicted octanol–water partition coefficient (Wildman–Crippen LogP) is 1.25. The van der Waals surface area contributed by atoms with Crippen LogP contribution in [0.2, 0.25) is 0 Å². The highest BCUT2D eigenvalue weighted by atomic mass is 16.5. The molecule has 0 aliphatic carbocycles. The number of ether oxygens (including phenoxy) is 1. The van der Waals surface area contributed by atoms with Crippen LogP contribution in [-0.4, -0.2) is 41.1 Å². The highest BCUT2D eigenvalue weighted by Gasteiger charge is 2.33. The lowest BCUT2D eigenvalue weighted by atomic mass is 9.77. The van der Waals surface area contributed by atoms with Gasteiger partial charge in [-0.25, -0.2) is 4.98 Å². The summed E-state index contributed by atoms with van der Waals surface area (Å²) in [5.74, 6) is 1.11. The molecule has 1 aromatic heterocycles. The van der Waals surface area contributed by atoms with E-state index < -0.39 is 0 Å². The van der Waals surface area contributed by atoms with Crippen LogP contribution in [-0.2, 0) is 17.7 Å². The van der Waals surface area contributed by atoms with Crippen LogP contribution < -0.4 is 5.32 Å². The first-order valence-electron chi connectivity index (χ1n) is 6.95. The van der Waals surface area contributed by atoms with Gasteiger partial charge in [0.25, 0.3) is 0 Å². The zero-order chi connectivity index (χ0) is 12.8. The molecule has 0 amide bonds. The third-order valence-corrected chi connectivity index (χ3v) is 3.83. The third-order valence-electron chi connectivity index (χ3n) is 3.83. The molecule has 1 aliphatic heterocycles. The summed E-state index contributed by atoms with van der Waals surface area (Å²) in [5.41, 5.74) is 0.286. The Labute approximate surface area is 109 Å². The van der Waals surface area contributed by atoms with Crippen LogP contribution in [0.5, 0.6) is 0 Å². The number of rotatable bonds is 6. The van der Waals surface area contributed by atoms with Crippen molar-refractivity contribution in [2.75, 3.05) is 26.3 Å². The van der Waals surface area contributed by atoms with E-state index in [0.717, 1.165) is 57.9 Å². The highest BCUT2D eigenvalue weighted by molar-refractivity contribution is 4.96. The number of aryl methyl sites for hydroxylation is 1. The molecule has 1 aliphatic rings. The molecular formula is C13H24N4O. The van der Waals surface area contributed by atoms with Crippen LogP contribution in [0.15, 0.2) is 6.33 Å². The van der Waals surface area contributed by atoms with Crippen molar-refractivity contribution in [1.82, 2.24) is 20.1 Å². The standard InChI is InChI=1S/C13H24N4O/c1-3-14-10-13(5-7-18-8-6-13)9-12-15-11-16-17(12)4-2/h11,14H,3-10H2,1-2H3. The number of hydrogen-bond donors (Lipinski definition) is 1. The van der Waals surface area contributed by atoms with Crippen molar-refractivity contribution in [3.8, 4) is 0 Å². The summed E-state index contributed by atoms with van der Waals surface area (Å²) in [6.45, 7) is 8.95. The van der Waals surface area contributed by atoms with Crippen LogP contribution in [0.4, 0.5) is 0 Å². The summed E-state index contributed by atoms with van der Waals surface area (Å²) in [7, 11) is 0. The van der Waals surface area contributed by atoms with E-state index >= 15 is 0 Å². The van der Waals surface area contributed by atoms with Gasteiger partial charge in [0.15, 0.2) is 0 Å². The monoisotopic (exact) mass is 252 g/mol. The van der Waals surface area contributed by atoms with Gasteiger partial charge in [0.1, 0.15) is 12.2 Å². The molecule has 1 saturated heterocycles. The summed E-state index contributed by atoms with van der Waals surface area (Å²) in [6.07, 6.45) is 4.88. The smallest absolute Gasteiger partial charge is 0.138 e. The average molecular weight is 252 g/mol. The van der Waals surface area contributed by atoms with Crippen molar-refractivity contribution >= 4 is 0 Å². The summed E-state index contributed by atoms with van der Waals surface area (Å²) in [6, 6.07) is 0. The highest BCUT2D eigenvalue weighted by Crippen LogP contribution is 2.33. The van der Waals surface area contributed by atoms with E-state index in [1.807, 2.05) is 4.68 Å². The fourth-order valence-corrected chi connectivity index (χ4v) is 2.64. The van der Waals surface area contributed by atoms with Gasteiger partial charge in [-0.15, -0.1) is 0 Å². The van der Waals surface area contributed by atoms with Gasteiger partial charge in [-0.1, -0.05) is 6.92 Å². The van der Waals surface area contributed by atoms with Crippen molar-refractivity contribution in [3.05, 3.63) is 12.2 Å². The normalized spacial score (nSPS) is 19.0. The second-order valence-electron chi connectivity index (χ2n) is 5.06.